The topological polar surface area (TPSA) is 93.2 Å². The Kier molecular flexibility index (Phi) is 6.97. The van der Waals surface area contributed by atoms with Gasteiger partial charge in [0, 0.05) is 35.6 Å². The summed E-state index contributed by atoms with van der Waals surface area (Å²) < 4.78 is 5.26. The highest BCUT2D eigenvalue weighted by Crippen LogP contribution is 2.22. The van der Waals surface area contributed by atoms with Gasteiger partial charge in [-0.2, -0.15) is 0 Å². The molecule has 0 unspecified atom stereocenters. The van der Waals surface area contributed by atoms with Crippen molar-refractivity contribution in [3.63, 3.8) is 0 Å². The van der Waals surface area contributed by atoms with Crippen molar-refractivity contribution in [3.05, 3.63) is 71.0 Å². The number of methoxy groups -OCH3 is 1. The van der Waals surface area contributed by atoms with Crippen molar-refractivity contribution in [3.8, 4) is 5.75 Å². The zero-order valence-corrected chi connectivity index (χ0v) is 18.2. The summed E-state index contributed by atoms with van der Waals surface area (Å²) in [5.41, 5.74) is 4.58. The minimum absolute atomic E-state index is 0.0772. The first-order chi connectivity index (χ1) is 14.8. The molecule has 0 saturated carbocycles. The van der Waals surface area contributed by atoms with Crippen LogP contribution < -0.4 is 15.4 Å². The van der Waals surface area contributed by atoms with Gasteiger partial charge in [0.1, 0.15) is 5.75 Å². The second-order valence-corrected chi connectivity index (χ2v) is 7.36. The number of anilines is 3. The van der Waals surface area contributed by atoms with Crippen molar-refractivity contribution >= 4 is 29.0 Å². The predicted octanol–water partition coefficient (Wildman–Crippen LogP) is 4.76. The first-order valence-corrected chi connectivity index (χ1v) is 10.0. The Labute approximate surface area is 181 Å². The van der Waals surface area contributed by atoms with Gasteiger partial charge in [0.05, 0.1) is 12.7 Å². The zero-order valence-electron chi connectivity index (χ0n) is 18.2. The van der Waals surface area contributed by atoms with Crippen LogP contribution in [-0.4, -0.2) is 28.8 Å². The van der Waals surface area contributed by atoms with Crippen LogP contribution in [0, 0.1) is 20.8 Å². The number of carbonyl (C=O) groups excluding carboxylic acids is 2. The molecule has 0 aliphatic rings. The quantitative estimate of drug-likeness (QED) is 0.513. The average Bonchev–Trinajstić information content (AvgIpc) is 2.71. The standard InChI is InChI=1S/C24H26N4O3/c1-15-8-10-22(31-4)20(12-15)21(29)9-11-23(30)27-18-6-5-7-19(14-18)28-24-25-16(2)13-17(3)26-24/h5-8,10,12-14H,9,11H2,1-4H3,(H,27,30)(H,25,26,28). The third-order valence-electron chi connectivity index (χ3n) is 4.62. The molecule has 160 valence electrons. The van der Waals surface area contributed by atoms with Gasteiger partial charge in [0.25, 0.3) is 0 Å². The van der Waals surface area contributed by atoms with E-state index >= 15 is 0 Å². The van der Waals surface area contributed by atoms with E-state index in [1.165, 1.54) is 7.11 Å². The maximum Gasteiger partial charge on any atom is 0.227 e. The Balaban J connectivity index is 1.60. The summed E-state index contributed by atoms with van der Waals surface area (Å²) in [6.45, 7) is 5.72. The van der Waals surface area contributed by atoms with E-state index in [4.69, 9.17) is 4.74 Å². The van der Waals surface area contributed by atoms with E-state index in [9.17, 15) is 9.59 Å². The Hall–Kier alpha value is -3.74. The molecule has 1 heterocycles. The van der Waals surface area contributed by atoms with Gasteiger partial charge in [0.15, 0.2) is 5.78 Å². The van der Waals surface area contributed by atoms with Crippen molar-refractivity contribution in [2.24, 2.45) is 0 Å². The van der Waals surface area contributed by atoms with Crippen LogP contribution in [0.25, 0.3) is 0 Å². The normalized spacial score (nSPS) is 10.5. The molecule has 0 aliphatic carbocycles. The fourth-order valence-corrected chi connectivity index (χ4v) is 3.21. The number of Topliss-reactive ketones (excluding diaryl/α,β-unsaturated/α-hetero) is 1. The van der Waals surface area contributed by atoms with Crippen LogP contribution in [0.15, 0.2) is 48.5 Å². The predicted molar refractivity (Wildman–Crippen MR) is 121 cm³/mol. The lowest BCUT2D eigenvalue weighted by Gasteiger charge is -2.10. The molecule has 2 aromatic carbocycles. The van der Waals surface area contributed by atoms with Crippen LogP contribution in [0.5, 0.6) is 5.75 Å². The highest BCUT2D eigenvalue weighted by molar-refractivity contribution is 6.02. The number of aromatic nitrogens is 2. The Morgan fingerprint density at radius 3 is 2.32 bits per heavy atom. The number of ketones is 1. The number of benzene rings is 2. The molecule has 0 atom stereocenters. The molecule has 0 bridgehead atoms. The Morgan fingerprint density at radius 1 is 0.903 bits per heavy atom. The van der Waals surface area contributed by atoms with E-state index in [-0.39, 0.29) is 24.5 Å². The van der Waals surface area contributed by atoms with Gasteiger partial charge in [-0.25, -0.2) is 9.97 Å². The minimum Gasteiger partial charge on any atom is -0.496 e. The molecular formula is C24H26N4O3. The lowest BCUT2D eigenvalue weighted by atomic mass is 10.0. The summed E-state index contributed by atoms with van der Waals surface area (Å²) in [5.74, 6) is 0.653. The van der Waals surface area contributed by atoms with Crippen LogP contribution in [0.2, 0.25) is 0 Å². The number of nitrogens with zero attached hydrogens (tertiary/aromatic N) is 2. The summed E-state index contributed by atoms with van der Waals surface area (Å²) in [7, 11) is 1.53. The monoisotopic (exact) mass is 418 g/mol. The SMILES string of the molecule is COc1ccc(C)cc1C(=O)CCC(=O)Nc1cccc(Nc2nc(C)cc(C)n2)c1. The van der Waals surface area contributed by atoms with E-state index in [2.05, 4.69) is 20.6 Å². The summed E-state index contributed by atoms with van der Waals surface area (Å²) in [6, 6.07) is 14.6. The fraction of sp³-hybridized carbons (Fsp3) is 0.250. The number of hydrogen-bond acceptors (Lipinski definition) is 6. The summed E-state index contributed by atoms with van der Waals surface area (Å²) >= 11 is 0. The second-order valence-electron chi connectivity index (χ2n) is 7.36. The lowest BCUT2D eigenvalue weighted by Crippen LogP contribution is -2.14. The highest BCUT2D eigenvalue weighted by Gasteiger charge is 2.14. The van der Waals surface area contributed by atoms with Crippen LogP contribution >= 0.6 is 0 Å². The smallest absolute Gasteiger partial charge is 0.227 e. The molecule has 31 heavy (non-hydrogen) atoms. The largest absolute Gasteiger partial charge is 0.496 e. The highest BCUT2D eigenvalue weighted by atomic mass is 16.5. The van der Waals surface area contributed by atoms with Gasteiger partial charge in [-0.05, 0) is 57.2 Å². The third-order valence-corrected chi connectivity index (χ3v) is 4.62. The maximum atomic E-state index is 12.6. The maximum absolute atomic E-state index is 12.6. The molecule has 2 N–H and O–H groups in total. The molecule has 0 radical (unpaired) electrons. The molecule has 0 aliphatic heterocycles. The summed E-state index contributed by atoms with van der Waals surface area (Å²) in [4.78, 5) is 33.7. The first-order valence-electron chi connectivity index (χ1n) is 10.0. The number of hydrogen-bond donors (Lipinski definition) is 2. The van der Waals surface area contributed by atoms with Gasteiger partial charge < -0.3 is 15.4 Å². The van der Waals surface area contributed by atoms with Gasteiger partial charge in [-0.15, -0.1) is 0 Å². The summed E-state index contributed by atoms with van der Waals surface area (Å²) in [6.07, 6.45) is 0.174. The Bertz CT molecular complexity index is 1090. The average molecular weight is 418 g/mol. The van der Waals surface area contributed by atoms with E-state index in [1.54, 1.807) is 24.3 Å². The number of nitrogens with one attached hydrogen (secondary N) is 2. The van der Waals surface area contributed by atoms with Crippen molar-refractivity contribution in [1.82, 2.24) is 9.97 Å². The minimum atomic E-state index is -0.236. The van der Waals surface area contributed by atoms with Gasteiger partial charge in [-0.3, -0.25) is 9.59 Å². The van der Waals surface area contributed by atoms with Crippen LogP contribution in [-0.2, 0) is 4.79 Å². The lowest BCUT2D eigenvalue weighted by molar-refractivity contribution is -0.116. The molecule has 7 nitrogen and oxygen atoms in total. The number of rotatable bonds is 8. The van der Waals surface area contributed by atoms with Crippen molar-refractivity contribution in [1.29, 1.82) is 0 Å². The summed E-state index contributed by atoms with van der Waals surface area (Å²) in [5, 5.41) is 5.98. The van der Waals surface area contributed by atoms with E-state index in [0.717, 1.165) is 22.6 Å². The molecule has 1 aromatic heterocycles. The van der Waals surface area contributed by atoms with Crippen LogP contribution in [0.4, 0.5) is 17.3 Å². The molecule has 3 rings (SSSR count). The zero-order chi connectivity index (χ0) is 22.4. The van der Waals surface area contributed by atoms with E-state index in [0.29, 0.717) is 22.9 Å². The number of amides is 1. The fourth-order valence-electron chi connectivity index (χ4n) is 3.21. The van der Waals surface area contributed by atoms with E-state index in [1.807, 2.05) is 45.0 Å². The molecule has 7 heteroatoms. The molecule has 0 saturated heterocycles. The van der Waals surface area contributed by atoms with Gasteiger partial charge in [-0.1, -0.05) is 17.7 Å². The number of aryl methyl sites for hydroxylation is 3. The van der Waals surface area contributed by atoms with Crippen molar-refractivity contribution in [2.45, 2.75) is 33.6 Å². The van der Waals surface area contributed by atoms with Crippen molar-refractivity contribution < 1.29 is 14.3 Å². The number of carbonyl (C=O) groups is 2. The van der Waals surface area contributed by atoms with Crippen molar-refractivity contribution in [2.75, 3.05) is 17.7 Å². The molecule has 1 amide bonds. The van der Waals surface area contributed by atoms with Crippen LogP contribution in [0.3, 0.4) is 0 Å². The first kappa shape index (κ1) is 22.0. The van der Waals surface area contributed by atoms with Gasteiger partial charge >= 0.3 is 0 Å². The molecule has 0 spiro atoms. The van der Waals surface area contributed by atoms with Gasteiger partial charge in [0.2, 0.25) is 11.9 Å². The van der Waals surface area contributed by atoms with Crippen LogP contribution in [0.1, 0.15) is 40.2 Å². The molecule has 3 aromatic rings. The molecule has 0 fully saturated rings. The third kappa shape index (κ3) is 6.12. The number of ether oxygens (including phenoxy) is 1. The second kappa shape index (κ2) is 9.84. The molecular weight excluding hydrogens is 392 g/mol. The Morgan fingerprint density at radius 2 is 1.61 bits per heavy atom. The van der Waals surface area contributed by atoms with E-state index < -0.39 is 0 Å².